The van der Waals surface area contributed by atoms with E-state index in [-0.39, 0.29) is 25.1 Å². The van der Waals surface area contributed by atoms with Gasteiger partial charge < -0.3 is 14.5 Å². The fourth-order valence-corrected chi connectivity index (χ4v) is 7.00. The predicted octanol–water partition coefficient (Wildman–Crippen LogP) is 5.64. The van der Waals surface area contributed by atoms with Gasteiger partial charge in [-0.3, -0.25) is 4.79 Å². The number of halogens is 3. The number of hydrogen-bond acceptors (Lipinski definition) is 6. The van der Waals surface area contributed by atoms with Gasteiger partial charge in [-0.05, 0) is 92.1 Å². The number of piperidine rings is 1. The van der Waals surface area contributed by atoms with Crippen LogP contribution in [0.3, 0.4) is 0 Å². The maximum Gasteiger partial charge on any atom is 0.416 e. The maximum atomic E-state index is 14.0. The molecule has 1 N–H and O–H groups in total. The van der Waals surface area contributed by atoms with Gasteiger partial charge in [0, 0.05) is 17.2 Å². The van der Waals surface area contributed by atoms with Crippen molar-refractivity contribution in [2.24, 2.45) is 11.3 Å². The molecule has 6 rings (SSSR count). The topological polar surface area (TPSA) is 87.2 Å². The Morgan fingerprint density at radius 3 is 2.63 bits per heavy atom. The van der Waals surface area contributed by atoms with Gasteiger partial charge in [-0.25, -0.2) is 0 Å². The number of H-pyrrole nitrogens is 1. The Hall–Kier alpha value is -3.47. The highest BCUT2D eigenvalue weighted by atomic mass is 19.4. The molecular formula is C30H35F3N6O2. The summed E-state index contributed by atoms with van der Waals surface area (Å²) >= 11 is 0. The molecule has 2 atom stereocenters. The van der Waals surface area contributed by atoms with E-state index in [0.717, 1.165) is 62.9 Å². The second kappa shape index (κ2) is 10.7. The Balaban J connectivity index is 1.11. The Morgan fingerprint density at radius 2 is 1.93 bits per heavy atom. The number of alkyl halides is 3. The van der Waals surface area contributed by atoms with Crippen LogP contribution in [-0.2, 0) is 17.5 Å². The number of benzene rings is 2. The third-order valence-electron chi connectivity index (χ3n) is 9.47. The number of fused-ring (bicyclic) bond motifs is 1. The Bertz CT molecular complexity index is 1390. The van der Waals surface area contributed by atoms with E-state index < -0.39 is 17.2 Å². The minimum absolute atomic E-state index is 0.00812. The summed E-state index contributed by atoms with van der Waals surface area (Å²) in [6.07, 6.45) is 0.0927. The first kappa shape index (κ1) is 27.7. The minimum atomic E-state index is -4.44. The maximum absolute atomic E-state index is 14.0. The van der Waals surface area contributed by atoms with Crippen LogP contribution in [0.4, 0.5) is 13.2 Å². The quantitative estimate of drug-likeness (QED) is 0.429. The van der Waals surface area contributed by atoms with Crippen LogP contribution < -0.4 is 4.74 Å². The molecule has 11 heteroatoms. The van der Waals surface area contributed by atoms with Gasteiger partial charge in [0.15, 0.2) is 6.73 Å². The number of aromatic amines is 1. The summed E-state index contributed by atoms with van der Waals surface area (Å²) < 4.78 is 45.7. The van der Waals surface area contributed by atoms with Gasteiger partial charge in [0.2, 0.25) is 11.7 Å². The molecule has 2 fully saturated rings. The number of ether oxygens (including phenoxy) is 1. The first-order valence-corrected chi connectivity index (χ1v) is 14.3. The summed E-state index contributed by atoms with van der Waals surface area (Å²) in [5.74, 6) is 1.55. The molecule has 0 radical (unpaired) electrons. The van der Waals surface area contributed by atoms with Crippen LogP contribution in [-0.4, -0.2) is 62.2 Å². The molecule has 0 spiro atoms. The van der Waals surface area contributed by atoms with Gasteiger partial charge in [0.25, 0.3) is 0 Å². The van der Waals surface area contributed by atoms with E-state index in [1.807, 2.05) is 12.1 Å². The number of amides is 1. The highest BCUT2D eigenvalue weighted by Gasteiger charge is 2.51. The Kier molecular flexibility index (Phi) is 7.25. The highest BCUT2D eigenvalue weighted by molar-refractivity contribution is 5.83. The van der Waals surface area contributed by atoms with Crippen molar-refractivity contribution in [1.82, 2.24) is 30.4 Å². The number of rotatable bonds is 5. The zero-order valence-electron chi connectivity index (χ0n) is 23.3. The second-order valence-corrected chi connectivity index (χ2v) is 12.0. The van der Waals surface area contributed by atoms with Crippen molar-refractivity contribution in [3.05, 3.63) is 59.2 Å². The molecule has 2 aliphatic heterocycles. The van der Waals surface area contributed by atoms with Crippen molar-refractivity contribution in [2.45, 2.75) is 70.6 Å². The summed E-state index contributed by atoms with van der Waals surface area (Å²) in [4.78, 5) is 18.2. The van der Waals surface area contributed by atoms with Crippen LogP contribution in [0.15, 0.2) is 42.5 Å². The SMILES string of the molecule is CC(C)C1(C(=O)N2COc3ccc(C(F)(F)F)cc3C2)CCC(N2CCC(c3cccc(-c4nn[nH]n4)c3)CC2)C1. The number of nitrogens with one attached hydrogen (secondary N) is 1. The average molecular weight is 569 g/mol. The number of hydrogen-bond donors (Lipinski definition) is 1. The van der Waals surface area contributed by atoms with E-state index in [1.54, 1.807) is 4.90 Å². The van der Waals surface area contributed by atoms with Crippen LogP contribution in [0, 0.1) is 11.3 Å². The molecule has 2 aromatic carbocycles. The van der Waals surface area contributed by atoms with Crippen molar-refractivity contribution in [3.63, 3.8) is 0 Å². The summed E-state index contributed by atoms with van der Waals surface area (Å²) in [7, 11) is 0. The van der Waals surface area contributed by atoms with Crippen LogP contribution in [0.2, 0.25) is 0 Å². The van der Waals surface area contributed by atoms with Gasteiger partial charge in [-0.1, -0.05) is 32.0 Å². The normalized spacial score (nSPS) is 24.0. The summed E-state index contributed by atoms with van der Waals surface area (Å²) in [5.41, 5.74) is 1.36. The standard InChI is InChI=1S/C30H35F3N6O2/c1-19(2)29(28(40)39-17-23-15-24(30(31,32)33)6-7-26(23)41-18-39)11-8-25(16-29)38-12-9-20(10-13-38)21-4-3-5-22(14-21)27-34-36-37-35-27/h3-7,14-15,19-20,25H,8-13,16-18H2,1-2H3,(H,34,35,36,37). The number of tetrazole rings is 1. The van der Waals surface area contributed by atoms with E-state index in [2.05, 4.69) is 51.5 Å². The summed E-state index contributed by atoms with van der Waals surface area (Å²) in [6.45, 7) is 6.29. The lowest BCUT2D eigenvalue weighted by molar-refractivity contribution is -0.150. The minimum Gasteiger partial charge on any atom is -0.473 e. The third-order valence-corrected chi connectivity index (χ3v) is 9.47. The third kappa shape index (κ3) is 5.31. The first-order valence-electron chi connectivity index (χ1n) is 14.3. The van der Waals surface area contributed by atoms with Crippen molar-refractivity contribution < 1.29 is 22.7 Å². The van der Waals surface area contributed by atoms with Crippen LogP contribution in [0.1, 0.15) is 68.6 Å². The molecule has 1 aromatic heterocycles. The number of aromatic nitrogens is 4. The number of carbonyl (C=O) groups excluding carboxylic acids is 1. The molecule has 3 heterocycles. The number of carbonyl (C=O) groups is 1. The van der Waals surface area contributed by atoms with Crippen molar-refractivity contribution >= 4 is 5.91 Å². The molecule has 2 unspecified atom stereocenters. The number of likely N-dealkylation sites (tertiary alicyclic amines) is 1. The van der Waals surface area contributed by atoms with Gasteiger partial charge in [-0.15, -0.1) is 10.2 Å². The van der Waals surface area contributed by atoms with Gasteiger partial charge in [-0.2, -0.15) is 18.4 Å². The monoisotopic (exact) mass is 568 g/mol. The fraction of sp³-hybridized carbons (Fsp3) is 0.533. The Labute approximate surface area is 237 Å². The van der Waals surface area contributed by atoms with E-state index >= 15 is 0 Å². The molecule has 1 saturated carbocycles. The molecule has 218 valence electrons. The van der Waals surface area contributed by atoms with E-state index in [0.29, 0.717) is 29.1 Å². The van der Waals surface area contributed by atoms with E-state index in [1.165, 1.54) is 11.6 Å². The highest BCUT2D eigenvalue weighted by Crippen LogP contribution is 2.49. The zero-order chi connectivity index (χ0) is 28.8. The molecular weight excluding hydrogens is 533 g/mol. The van der Waals surface area contributed by atoms with Crippen molar-refractivity contribution in [3.8, 4) is 17.1 Å². The molecule has 1 amide bonds. The zero-order valence-corrected chi connectivity index (χ0v) is 23.3. The Morgan fingerprint density at radius 1 is 1.12 bits per heavy atom. The van der Waals surface area contributed by atoms with E-state index in [9.17, 15) is 18.0 Å². The lowest BCUT2D eigenvalue weighted by Crippen LogP contribution is -2.49. The molecule has 3 aliphatic rings. The summed E-state index contributed by atoms with van der Waals surface area (Å²) in [6, 6.07) is 12.2. The predicted molar refractivity (Wildman–Crippen MR) is 146 cm³/mol. The lowest BCUT2D eigenvalue weighted by atomic mass is 9.74. The largest absolute Gasteiger partial charge is 0.473 e. The average Bonchev–Trinajstić information content (AvgIpc) is 3.68. The van der Waals surface area contributed by atoms with Crippen LogP contribution >= 0.6 is 0 Å². The molecule has 3 aromatic rings. The van der Waals surface area contributed by atoms with Crippen LogP contribution in [0.5, 0.6) is 5.75 Å². The fourth-order valence-electron chi connectivity index (χ4n) is 7.00. The number of nitrogens with zero attached hydrogens (tertiary/aromatic N) is 5. The second-order valence-electron chi connectivity index (χ2n) is 12.0. The molecule has 8 nitrogen and oxygen atoms in total. The van der Waals surface area contributed by atoms with Crippen molar-refractivity contribution in [2.75, 3.05) is 19.8 Å². The van der Waals surface area contributed by atoms with Crippen LogP contribution in [0.25, 0.3) is 11.4 Å². The van der Waals surface area contributed by atoms with Crippen molar-refractivity contribution in [1.29, 1.82) is 0 Å². The molecule has 41 heavy (non-hydrogen) atoms. The smallest absolute Gasteiger partial charge is 0.416 e. The molecule has 0 bridgehead atoms. The summed E-state index contributed by atoms with van der Waals surface area (Å²) in [5, 5.41) is 14.4. The van der Waals surface area contributed by atoms with E-state index in [4.69, 9.17) is 4.74 Å². The van der Waals surface area contributed by atoms with Gasteiger partial charge in [0.05, 0.1) is 17.5 Å². The first-order chi connectivity index (χ1) is 19.6. The molecule has 1 saturated heterocycles. The van der Waals surface area contributed by atoms with Gasteiger partial charge in [0.1, 0.15) is 5.75 Å². The van der Waals surface area contributed by atoms with Gasteiger partial charge >= 0.3 is 6.18 Å². The lowest BCUT2D eigenvalue weighted by Gasteiger charge is -2.41. The molecule has 1 aliphatic carbocycles.